The van der Waals surface area contributed by atoms with Crippen molar-refractivity contribution in [2.75, 3.05) is 6.61 Å². The van der Waals surface area contributed by atoms with Gasteiger partial charge in [0.15, 0.2) is 6.29 Å². The van der Waals surface area contributed by atoms with E-state index in [9.17, 15) is 15.3 Å². The Hall–Kier alpha value is -0.240. The maximum absolute atomic E-state index is 9.85. The molecule has 1 aliphatic heterocycles. The van der Waals surface area contributed by atoms with Gasteiger partial charge in [-0.3, -0.25) is 0 Å². The molecule has 0 spiro atoms. The van der Waals surface area contributed by atoms with Crippen LogP contribution in [0.5, 0.6) is 0 Å². The van der Waals surface area contributed by atoms with Gasteiger partial charge in [0.1, 0.15) is 24.4 Å². The van der Waals surface area contributed by atoms with Crippen molar-refractivity contribution < 1.29 is 29.9 Å². The van der Waals surface area contributed by atoms with E-state index in [-0.39, 0.29) is 6.10 Å². The van der Waals surface area contributed by atoms with E-state index >= 15 is 0 Å². The summed E-state index contributed by atoms with van der Waals surface area (Å²) < 4.78 is 11.0. The SMILES string of the molecule is CCCCC(CC)O[C@@H]1OC(CO)[C@@H](O)C(O)C1O. The van der Waals surface area contributed by atoms with Gasteiger partial charge in [0, 0.05) is 0 Å². The molecule has 0 radical (unpaired) electrons. The molecule has 6 atom stereocenters. The average Bonchev–Trinajstić information content (AvgIpc) is 2.43. The first kappa shape index (κ1) is 16.8. The molecule has 1 saturated heterocycles. The Balaban J connectivity index is 2.59. The van der Waals surface area contributed by atoms with Crippen LogP contribution in [0, 0.1) is 0 Å². The van der Waals surface area contributed by atoms with Crippen molar-refractivity contribution in [1.82, 2.24) is 0 Å². The molecule has 0 aromatic carbocycles. The Morgan fingerprint density at radius 2 is 1.79 bits per heavy atom. The van der Waals surface area contributed by atoms with Crippen molar-refractivity contribution >= 4 is 0 Å². The molecule has 0 saturated carbocycles. The van der Waals surface area contributed by atoms with Crippen molar-refractivity contribution in [2.45, 2.75) is 76.3 Å². The highest BCUT2D eigenvalue weighted by atomic mass is 16.7. The van der Waals surface area contributed by atoms with E-state index < -0.39 is 37.3 Å². The molecule has 0 aromatic rings. The van der Waals surface area contributed by atoms with Gasteiger partial charge in [-0.1, -0.05) is 26.7 Å². The lowest BCUT2D eigenvalue weighted by molar-refractivity contribution is -0.311. The van der Waals surface area contributed by atoms with Gasteiger partial charge in [-0.2, -0.15) is 0 Å². The van der Waals surface area contributed by atoms with Crippen LogP contribution in [0.2, 0.25) is 0 Å². The minimum atomic E-state index is -1.38. The predicted octanol–water partition coefficient (Wildman–Crippen LogP) is -0.228. The Morgan fingerprint density at radius 1 is 1.11 bits per heavy atom. The first-order valence-corrected chi connectivity index (χ1v) is 7.01. The second kappa shape index (κ2) is 8.14. The van der Waals surface area contributed by atoms with Crippen LogP contribution in [0.1, 0.15) is 39.5 Å². The van der Waals surface area contributed by atoms with Crippen LogP contribution in [0.15, 0.2) is 0 Å². The van der Waals surface area contributed by atoms with Gasteiger partial charge in [0.25, 0.3) is 0 Å². The number of hydrogen-bond acceptors (Lipinski definition) is 6. The number of ether oxygens (including phenoxy) is 2. The van der Waals surface area contributed by atoms with Gasteiger partial charge >= 0.3 is 0 Å². The van der Waals surface area contributed by atoms with Crippen LogP contribution in [-0.4, -0.2) is 63.8 Å². The van der Waals surface area contributed by atoms with E-state index in [2.05, 4.69) is 6.92 Å². The van der Waals surface area contributed by atoms with Gasteiger partial charge in [0.05, 0.1) is 12.7 Å². The third-order valence-electron chi connectivity index (χ3n) is 3.51. The molecule has 1 heterocycles. The summed E-state index contributed by atoms with van der Waals surface area (Å²) >= 11 is 0. The monoisotopic (exact) mass is 278 g/mol. The van der Waals surface area contributed by atoms with Crippen LogP contribution in [-0.2, 0) is 9.47 Å². The standard InChI is InChI=1S/C13H26O6/c1-3-5-6-8(4-2)18-13-12(17)11(16)10(15)9(7-14)19-13/h8-17H,3-7H2,1-2H3/t8?,9?,10-,11?,12?,13-/m1/s1. The fourth-order valence-electron chi connectivity index (χ4n) is 2.17. The molecule has 0 aliphatic carbocycles. The predicted molar refractivity (Wildman–Crippen MR) is 68.5 cm³/mol. The first-order valence-electron chi connectivity index (χ1n) is 7.01. The Bertz CT molecular complexity index is 247. The topological polar surface area (TPSA) is 99.4 Å². The van der Waals surface area contributed by atoms with Crippen LogP contribution < -0.4 is 0 Å². The van der Waals surface area contributed by atoms with Gasteiger partial charge in [-0.25, -0.2) is 0 Å². The lowest BCUT2D eigenvalue weighted by Crippen LogP contribution is -2.59. The highest BCUT2D eigenvalue weighted by Crippen LogP contribution is 2.24. The van der Waals surface area contributed by atoms with E-state index in [1.165, 1.54) is 0 Å². The molecule has 0 aromatic heterocycles. The van der Waals surface area contributed by atoms with E-state index in [4.69, 9.17) is 14.6 Å². The number of aliphatic hydroxyl groups excluding tert-OH is 4. The Kier molecular flexibility index (Phi) is 7.20. The summed E-state index contributed by atoms with van der Waals surface area (Å²) in [6.07, 6.45) is -2.34. The summed E-state index contributed by atoms with van der Waals surface area (Å²) in [5.74, 6) is 0. The molecule has 0 amide bonds. The Labute approximate surface area is 114 Å². The van der Waals surface area contributed by atoms with E-state index in [0.717, 1.165) is 25.7 Å². The van der Waals surface area contributed by atoms with Crippen LogP contribution in [0.25, 0.3) is 0 Å². The summed E-state index contributed by atoms with van der Waals surface area (Å²) in [6.45, 7) is 3.63. The van der Waals surface area contributed by atoms with Crippen LogP contribution in [0.4, 0.5) is 0 Å². The average molecular weight is 278 g/mol. The van der Waals surface area contributed by atoms with E-state index in [1.54, 1.807) is 0 Å². The summed E-state index contributed by atoms with van der Waals surface area (Å²) in [6, 6.07) is 0. The molecular weight excluding hydrogens is 252 g/mol. The van der Waals surface area contributed by atoms with Crippen molar-refractivity contribution in [1.29, 1.82) is 0 Å². The molecule has 114 valence electrons. The van der Waals surface area contributed by atoms with Gasteiger partial charge in [0.2, 0.25) is 0 Å². The first-order chi connectivity index (χ1) is 9.04. The molecule has 1 rings (SSSR count). The number of aliphatic hydroxyl groups is 4. The van der Waals surface area contributed by atoms with E-state index in [1.807, 2.05) is 6.92 Å². The molecule has 0 bridgehead atoms. The Morgan fingerprint density at radius 3 is 2.32 bits per heavy atom. The quantitative estimate of drug-likeness (QED) is 0.513. The molecule has 1 fully saturated rings. The minimum absolute atomic E-state index is 0.0682. The van der Waals surface area contributed by atoms with Crippen LogP contribution >= 0.6 is 0 Å². The van der Waals surface area contributed by atoms with Gasteiger partial charge < -0.3 is 29.9 Å². The van der Waals surface area contributed by atoms with Crippen molar-refractivity contribution in [3.63, 3.8) is 0 Å². The fraction of sp³-hybridized carbons (Fsp3) is 1.00. The van der Waals surface area contributed by atoms with Crippen molar-refractivity contribution in [2.24, 2.45) is 0 Å². The third kappa shape index (κ3) is 4.37. The van der Waals surface area contributed by atoms with E-state index in [0.29, 0.717) is 0 Å². The summed E-state index contributed by atoms with van der Waals surface area (Å²) in [5.41, 5.74) is 0. The number of unbranched alkanes of at least 4 members (excludes halogenated alkanes) is 1. The second-order valence-corrected chi connectivity index (χ2v) is 5.01. The zero-order valence-corrected chi connectivity index (χ0v) is 11.6. The van der Waals surface area contributed by atoms with Crippen molar-refractivity contribution in [3.05, 3.63) is 0 Å². The molecule has 4 unspecified atom stereocenters. The summed E-state index contributed by atoms with van der Waals surface area (Å²) in [5, 5.41) is 38.2. The normalized spacial score (nSPS) is 37.3. The molecule has 1 aliphatic rings. The maximum Gasteiger partial charge on any atom is 0.186 e. The maximum atomic E-state index is 9.85. The molecule has 6 heteroatoms. The molecule has 4 N–H and O–H groups in total. The third-order valence-corrected chi connectivity index (χ3v) is 3.51. The van der Waals surface area contributed by atoms with Crippen LogP contribution in [0.3, 0.4) is 0 Å². The van der Waals surface area contributed by atoms with Gasteiger partial charge in [-0.15, -0.1) is 0 Å². The highest BCUT2D eigenvalue weighted by molar-refractivity contribution is 4.89. The summed E-state index contributed by atoms with van der Waals surface area (Å²) in [7, 11) is 0. The molecule has 6 nitrogen and oxygen atoms in total. The highest BCUT2D eigenvalue weighted by Gasteiger charge is 2.44. The fourth-order valence-corrected chi connectivity index (χ4v) is 2.17. The largest absolute Gasteiger partial charge is 0.394 e. The minimum Gasteiger partial charge on any atom is -0.394 e. The zero-order chi connectivity index (χ0) is 14.4. The number of rotatable bonds is 7. The number of hydrogen-bond donors (Lipinski definition) is 4. The smallest absolute Gasteiger partial charge is 0.186 e. The van der Waals surface area contributed by atoms with Crippen molar-refractivity contribution in [3.8, 4) is 0 Å². The lowest BCUT2D eigenvalue weighted by Gasteiger charge is -2.40. The summed E-state index contributed by atoms with van der Waals surface area (Å²) in [4.78, 5) is 0. The molecular formula is C13H26O6. The zero-order valence-electron chi connectivity index (χ0n) is 11.6. The van der Waals surface area contributed by atoms with Gasteiger partial charge in [-0.05, 0) is 12.8 Å². The second-order valence-electron chi connectivity index (χ2n) is 5.01. The lowest BCUT2D eigenvalue weighted by atomic mass is 9.99. The molecule has 19 heavy (non-hydrogen) atoms.